The van der Waals surface area contributed by atoms with Gasteiger partial charge in [-0.05, 0) is 18.4 Å². The zero-order valence-corrected chi connectivity index (χ0v) is 16.4. The van der Waals surface area contributed by atoms with E-state index in [-0.39, 0.29) is 9.77 Å². The maximum atomic E-state index is 12.9. The quantitative estimate of drug-likeness (QED) is 0.676. The van der Waals surface area contributed by atoms with Gasteiger partial charge in [0.2, 0.25) is 10.0 Å². The van der Waals surface area contributed by atoms with Crippen molar-refractivity contribution in [3.05, 3.63) is 34.5 Å². The zero-order chi connectivity index (χ0) is 18.7. The lowest BCUT2D eigenvalue weighted by molar-refractivity contribution is 0.0602. The maximum absolute atomic E-state index is 12.9. The zero-order valence-electron chi connectivity index (χ0n) is 14.8. The molecule has 2 aromatic rings. The Balaban J connectivity index is 1.61. The van der Waals surface area contributed by atoms with Gasteiger partial charge < -0.3 is 9.30 Å². The van der Waals surface area contributed by atoms with Gasteiger partial charge in [-0.3, -0.25) is 4.90 Å². The van der Waals surface area contributed by atoms with Gasteiger partial charge in [0.15, 0.2) is 0 Å². The summed E-state index contributed by atoms with van der Waals surface area (Å²) in [4.78, 5) is 18.4. The predicted octanol–water partition coefficient (Wildman–Crippen LogP) is 1.05. The first kappa shape index (κ1) is 19.0. The van der Waals surface area contributed by atoms with Crippen LogP contribution in [0.4, 0.5) is 0 Å². The summed E-state index contributed by atoms with van der Waals surface area (Å²) < 4.78 is 34.0. The number of piperazine rings is 1. The molecule has 0 atom stereocenters. The van der Waals surface area contributed by atoms with E-state index >= 15 is 0 Å². The van der Waals surface area contributed by atoms with Gasteiger partial charge in [-0.15, -0.1) is 11.3 Å². The summed E-state index contributed by atoms with van der Waals surface area (Å²) in [5.41, 5.74) is 0. The van der Waals surface area contributed by atoms with Gasteiger partial charge in [0.05, 0.1) is 7.11 Å². The molecule has 1 saturated heterocycles. The number of nitrogens with zero attached hydrogens (tertiary/aromatic N) is 4. The van der Waals surface area contributed by atoms with Crippen molar-refractivity contribution in [1.82, 2.24) is 18.8 Å². The number of methoxy groups -OCH3 is 1. The largest absolute Gasteiger partial charge is 0.465 e. The molecule has 0 saturated carbocycles. The minimum absolute atomic E-state index is 0.0387. The summed E-state index contributed by atoms with van der Waals surface area (Å²) in [7, 11) is -2.44. The summed E-state index contributed by atoms with van der Waals surface area (Å²) in [5.74, 6) is 0.354. The lowest BCUT2D eigenvalue weighted by Crippen LogP contribution is -2.49. The Morgan fingerprint density at radius 3 is 2.62 bits per heavy atom. The minimum atomic E-state index is -3.69. The number of esters is 1. The number of hydrogen-bond donors (Lipinski definition) is 0. The number of carbonyl (C=O) groups is 1. The van der Waals surface area contributed by atoms with Crippen LogP contribution in [0.3, 0.4) is 0 Å². The van der Waals surface area contributed by atoms with E-state index in [1.807, 2.05) is 13.1 Å². The molecule has 1 aliphatic heterocycles. The molecule has 142 valence electrons. The van der Waals surface area contributed by atoms with Gasteiger partial charge in [0, 0.05) is 51.7 Å². The number of thiophene rings is 1. The van der Waals surface area contributed by atoms with Crippen LogP contribution in [0.2, 0.25) is 0 Å². The fourth-order valence-corrected chi connectivity index (χ4v) is 5.69. The van der Waals surface area contributed by atoms with Crippen molar-refractivity contribution in [1.29, 1.82) is 0 Å². The number of imidazole rings is 1. The molecular formula is C16H22N4O4S2. The number of aryl methyl sites for hydroxylation is 1. The highest BCUT2D eigenvalue weighted by molar-refractivity contribution is 7.89. The van der Waals surface area contributed by atoms with Gasteiger partial charge in [-0.2, -0.15) is 4.31 Å². The molecule has 3 rings (SSSR count). The fourth-order valence-electron chi connectivity index (χ4n) is 2.96. The van der Waals surface area contributed by atoms with Crippen molar-refractivity contribution in [2.45, 2.75) is 18.4 Å². The highest BCUT2D eigenvalue weighted by atomic mass is 32.2. The van der Waals surface area contributed by atoms with Gasteiger partial charge in [-0.1, -0.05) is 0 Å². The van der Waals surface area contributed by atoms with E-state index in [1.165, 1.54) is 17.5 Å². The summed E-state index contributed by atoms with van der Waals surface area (Å²) in [6.45, 7) is 5.76. The SMILES string of the molecule is COC(=O)c1sccc1S(=O)(=O)N1CCN(CCn2ccnc2C)CC1. The Morgan fingerprint density at radius 1 is 1.27 bits per heavy atom. The number of carbonyl (C=O) groups excluding carboxylic acids is 1. The van der Waals surface area contributed by atoms with Gasteiger partial charge in [0.1, 0.15) is 15.6 Å². The topological polar surface area (TPSA) is 84.7 Å². The van der Waals surface area contributed by atoms with Crippen LogP contribution in [0.25, 0.3) is 0 Å². The first-order valence-corrected chi connectivity index (χ1v) is 10.6. The average Bonchev–Trinajstić information content (AvgIpc) is 3.29. The van der Waals surface area contributed by atoms with Crippen LogP contribution < -0.4 is 0 Å². The van der Waals surface area contributed by atoms with Crippen LogP contribution in [0.5, 0.6) is 0 Å². The minimum Gasteiger partial charge on any atom is -0.465 e. The van der Waals surface area contributed by atoms with Crippen LogP contribution in [-0.2, 0) is 21.3 Å². The molecule has 2 aromatic heterocycles. The predicted molar refractivity (Wildman–Crippen MR) is 97.8 cm³/mol. The Hall–Kier alpha value is -1.75. The molecule has 8 nitrogen and oxygen atoms in total. The van der Waals surface area contributed by atoms with Crippen molar-refractivity contribution < 1.29 is 17.9 Å². The van der Waals surface area contributed by atoms with Crippen LogP contribution in [0, 0.1) is 6.92 Å². The second kappa shape index (κ2) is 7.87. The maximum Gasteiger partial charge on any atom is 0.349 e. The van der Waals surface area contributed by atoms with Crippen LogP contribution >= 0.6 is 11.3 Å². The number of rotatable bonds is 6. The lowest BCUT2D eigenvalue weighted by Gasteiger charge is -2.34. The van der Waals surface area contributed by atoms with E-state index in [1.54, 1.807) is 11.6 Å². The van der Waals surface area contributed by atoms with Crippen LogP contribution in [0.1, 0.15) is 15.5 Å². The van der Waals surface area contributed by atoms with Gasteiger partial charge in [-0.25, -0.2) is 18.2 Å². The second-order valence-electron chi connectivity index (χ2n) is 6.02. The molecule has 0 bridgehead atoms. The first-order valence-electron chi connectivity index (χ1n) is 8.29. The molecule has 0 spiro atoms. The molecule has 1 aliphatic rings. The van der Waals surface area contributed by atoms with Crippen molar-refractivity contribution in [2.24, 2.45) is 0 Å². The Labute approximate surface area is 157 Å². The lowest BCUT2D eigenvalue weighted by atomic mass is 10.3. The fraction of sp³-hybridized carbons (Fsp3) is 0.500. The summed E-state index contributed by atoms with van der Waals surface area (Å²) in [6, 6.07) is 1.47. The summed E-state index contributed by atoms with van der Waals surface area (Å²) in [6.07, 6.45) is 3.72. The number of sulfonamides is 1. The monoisotopic (exact) mass is 398 g/mol. The van der Waals surface area contributed by atoms with Gasteiger partial charge in [0.25, 0.3) is 0 Å². The number of ether oxygens (including phenoxy) is 1. The Morgan fingerprint density at radius 2 is 2.00 bits per heavy atom. The smallest absolute Gasteiger partial charge is 0.349 e. The standard InChI is InChI=1S/C16H22N4O4S2/c1-13-17-4-5-19(13)9-6-18-7-10-20(11-8-18)26(22,23)14-3-12-25-15(14)16(21)24-2/h3-5,12H,6-11H2,1-2H3. The second-order valence-corrected chi connectivity index (χ2v) is 8.84. The Bertz CT molecular complexity index is 866. The van der Waals surface area contributed by atoms with Gasteiger partial charge >= 0.3 is 5.97 Å². The van der Waals surface area contributed by atoms with Crippen molar-refractivity contribution >= 4 is 27.3 Å². The highest BCUT2D eigenvalue weighted by Gasteiger charge is 2.32. The molecule has 26 heavy (non-hydrogen) atoms. The third-order valence-electron chi connectivity index (χ3n) is 4.53. The molecule has 3 heterocycles. The van der Waals surface area contributed by atoms with E-state index in [0.717, 1.165) is 30.3 Å². The molecule has 0 aliphatic carbocycles. The van der Waals surface area contributed by atoms with Crippen LogP contribution in [-0.4, -0.2) is 73.0 Å². The number of aromatic nitrogens is 2. The molecule has 0 amide bonds. The molecule has 10 heteroatoms. The summed E-state index contributed by atoms with van der Waals surface area (Å²) in [5, 5.41) is 1.60. The Kier molecular flexibility index (Phi) is 5.76. The van der Waals surface area contributed by atoms with Crippen molar-refractivity contribution in [2.75, 3.05) is 39.8 Å². The molecule has 1 fully saturated rings. The van der Waals surface area contributed by atoms with Crippen molar-refractivity contribution in [3.63, 3.8) is 0 Å². The molecule has 0 N–H and O–H groups in total. The highest BCUT2D eigenvalue weighted by Crippen LogP contribution is 2.26. The van der Waals surface area contributed by atoms with E-state index in [9.17, 15) is 13.2 Å². The third kappa shape index (κ3) is 3.83. The van der Waals surface area contributed by atoms with Crippen molar-refractivity contribution in [3.8, 4) is 0 Å². The summed E-state index contributed by atoms with van der Waals surface area (Å²) >= 11 is 1.08. The molecule has 0 radical (unpaired) electrons. The average molecular weight is 399 g/mol. The number of hydrogen-bond acceptors (Lipinski definition) is 7. The van der Waals surface area contributed by atoms with E-state index < -0.39 is 16.0 Å². The third-order valence-corrected chi connectivity index (χ3v) is 7.49. The van der Waals surface area contributed by atoms with E-state index in [2.05, 4.69) is 19.2 Å². The normalized spacial score (nSPS) is 16.7. The molecular weight excluding hydrogens is 376 g/mol. The first-order chi connectivity index (χ1) is 12.4. The van der Waals surface area contributed by atoms with E-state index in [4.69, 9.17) is 0 Å². The van der Waals surface area contributed by atoms with E-state index in [0.29, 0.717) is 26.2 Å². The van der Waals surface area contributed by atoms with Crippen LogP contribution in [0.15, 0.2) is 28.7 Å². The molecule has 0 aromatic carbocycles. The molecule has 0 unspecified atom stereocenters.